The van der Waals surface area contributed by atoms with Crippen molar-refractivity contribution in [3.8, 4) is 0 Å². The van der Waals surface area contributed by atoms with Crippen LogP contribution in [-0.4, -0.2) is 23.4 Å². The van der Waals surface area contributed by atoms with E-state index in [2.05, 4.69) is 0 Å². The van der Waals surface area contributed by atoms with E-state index in [0.717, 1.165) is 18.4 Å². The molecular weight excluding hydrogens is 251 g/mol. The van der Waals surface area contributed by atoms with E-state index in [1.54, 1.807) is 6.07 Å². The second-order valence-electron chi connectivity index (χ2n) is 5.06. The second-order valence-corrected chi connectivity index (χ2v) is 5.06. The van der Waals surface area contributed by atoms with E-state index in [4.69, 9.17) is 0 Å². The molecule has 19 heavy (non-hydrogen) atoms. The molecular formula is C13H13FN2O3. The number of nitro groups is 1. The van der Waals surface area contributed by atoms with Gasteiger partial charge in [-0.2, -0.15) is 0 Å². The van der Waals surface area contributed by atoms with Crippen molar-refractivity contribution in [3.63, 3.8) is 0 Å². The Labute approximate surface area is 109 Å². The van der Waals surface area contributed by atoms with Gasteiger partial charge in [0.15, 0.2) is 0 Å². The number of benzene rings is 1. The molecule has 1 fully saturated rings. The molecule has 0 aromatic heterocycles. The molecule has 1 aliphatic carbocycles. The topological polar surface area (TPSA) is 63.4 Å². The number of carbonyl (C=O) groups excluding carboxylic acids is 1. The summed E-state index contributed by atoms with van der Waals surface area (Å²) < 4.78 is 13.3. The zero-order valence-corrected chi connectivity index (χ0v) is 10.2. The number of halogens is 1. The van der Waals surface area contributed by atoms with E-state index in [1.807, 2.05) is 0 Å². The summed E-state index contributed by atoms with van der Waals surface area (Å²) >= 11 is 0. The molecule has 2 aliphatic rings. The molecule has 2 atom stereocenters. The monoisotopic (exact) mass is 264 g/mol. The van der Waals surface area contributed by atoms with E-state index >= 15 is 0 Å². The first-order valence-electron chi connectivity index (χ1n) is 6.31. The zero-order chi connectivity index (χ0) is 13.6. The summed E-state index contributed by atoms with van der Waals surface area (Å²) in [5, 5.41) is 10.6. The summed E-state index contributed by atoms with van der Waals surface area (Å²) in [6.07, 6.45) is 1.91. The lowest BCUT2D eigenvalue weighted by Gasteiger charge is -2.29. The minimum absolute atomic E-state index is 0.242. The Hall–Kier alpha value is -1.98. The summed E-state index contributed by atoms with van der Waals surface area (Å²) in [6, 6.07) is 3.65. The predicted octanol–water partition coefficient (Wildman–Crippen LogP) is 1.77. The number of rotatable bonds is 2. The molecule has 0 N–H and O–H groups in total. The van der Waals surface area contributed by atoms with Crippen molar-refractivity contribution in [3.05, 3.63) is 39.7 Å². The van der Waals surface area contributed by atoms with E-state index < -0.39 is 16.9 Å². The van der Waals surface area contributed by atoms with Gasteiger partial charge >= 0.3 is 0 Å². The van der Waals surface area contributed by atoms with Crippen LogP contribution >= 0.6 is 0 Å². The molecule has 1 amide bonds. The molecule has 1 saturated carbocycles. The molecule has 0 spiro atoms. The van der Waals surface area contributed by atoms with E-state index in [0.29, 0.717) is 18.7 Å². The van der Waals surface area contributed by atoms with Gasteiger partial charge in [0, 0.05) is 23.6 Å². The molecule has 5 nitrogen and oxygen atoms in total. The fourth-order valence-corrected chi connectivity index (χ4v) is 2.66. The van der Waals surface area contributed by atoms with E-state index in [9.17, 15) is 19.3 Å². The lowest BCUT2D eigenvalue weighted by Crippen LogP contribution is -2.37. The smallest absolute Gasteiger partial charge is 0.237 e. The van der Waals surface area contributed by atoms with Crippen LogP contribution in [0.4, 0.5) is 10.1 Å². The van der Waals surface area contributed by atoms with Crippen LogP contribution in [0.25, 0.3) is 0 Å². The summed E-state index contributed by atoms with van der Waals surface area (Å²) in [5.41, 5.74) is 1.50. The molecule has 0 saturated heterocycles. The van der Waals surface area contributed by atoms with Crippen molar-refractivity contribution in [1.29, 1.82) is 0 Å². The predicted molar refractivity (Wildman–Crippen MR) is 66.0 cm³/mol. The average molecular weight is 264 g/mol. The van der Waals surface area contributed by atoms with Gasteiger partial charge in [0.25, 0.3) is 0 Å². The van der Waals surface area contributed by atoms with Gasteiger partial charge < -0.3 is 4.90 Å². The first-order valence-corrected chi connectivity index (χ1v) is 6.31. The Morgan fingerprint density at radius 1 is 1.47 bits per heavy atom. The summed E-state index contributed by atoms with van der Waals surface area (Å²) in [6.45, 7) is 0.510. The highest BCUT2D eigenvalue weighted by Crippen LogP contribution is 2.38. The van der Waals surface area contributed by atoms with Crippen LogP contribution in [0.5, 0.6) is 0 Å². The number of aryl methyl sites for hydroxylation is 1. The Kier molecular flexibility index (Phi) is 2.73. The molecule has 3 rings (SSSR count). The third-order valence-electron chi connectivity index (χ3n) is 3.78. The Morgan fingerprint density at radius 2 is 2.26 bits per heavy atom. The molecule has 2 unspecified atom stereocenters. The van der Waals surface area contributed by atoms with Crippen molar-refractivity contribution >= 4 is 11.6 Å². The van der Waals surface area contributed by atoms with Gasteiger partial charge in [-0.05, 0) is 30.5 Å². The minimum atomic E-state index is -0.758. The van der Waals surface area contributed by atoms with Crippen molar-refractivity contribution in [1.82, 2.24) is 0 Å². The molecule has 6 heteroatoms. The Morgan fingerprint density at radius 3 is 2.95 bits per heavy atom. The van der Waals surface area contributed by atoms with Crippen molar-refractivity contribution in [2.75, 3.05) is 11.4 Å². The van der Waals surface area contributed by atoms with Crippen LogP contribution in [0.2, 0.25) is 0 Å². The van der Waals surface area contributed by atoms with Crippen molar-refractivity contribution in [2.24, 2.45) is 5.92 Å². The standard InChI is InChI=1S/C13H13FN2O3/c14-9-4-3-8-2-1-5-15(11(8)6-9)13(17)10-7-12(10)16(18)19/h3-4,6,10,12H,1-2,5,7H2. The van der Waals surface area contributed by atoms with Gasteiger partial charge in [0.1, 0.15) is 11.7 Å². The lowest BCUT2D eigenvalue weighted by atomic mass is 10.0. The lowest BCUT2D eigenvalue weighted by molar-refractivity contribution is -0.497. The third-order valence-corrected chi connectivity index (χ3v) is 3.78. The van der Waals surface area contributed by atoms with Crippen LogP contribution in [0.3, 0.4) is 0 Å². The van der Waals surface area contributed by atoms with Crippen LogP contribution < -0.4 is 4.90 Å². The maximum absolute atomic E-state index is 13.3. The minimum Gasteiger partial charge on any atom is -0.312 e. The largest absolute Gasteiger partial charge is 0.312 e. The highest BCUT2D eigenvalue weighted by atomic mass is 19.1. The van der Waals surface area contributed by atoms with Gasteiger partial charge in [-0.1, -0.05) is 6.07 Å². The van der Waals surface area contributed by atoms with Crippen LogP contribution in [0.1, 0.15) is 18.4 Å². The van der Waals surface area contributed by atoms with Gasteiger partial charge in [0.2, 0.25) is 11.9 Å². The number of hydrogen-bond acceptors (Lipinski definition) is 3. The summed E-state index contributed by atoms with van der Waals surface area (Å²) in [7, 11) is 0. The molecule has 1 heterocycles. The number of anilines is 1. The normalized spacial score (nSPS) is 24.8. The zero-order valence-electron chi connectivity index (χ0n) is 10.2. The summed E-state index contributed by atoms with van der Waals surface area (Å²) in [4.78, 5) is 24.0. The van der Waals surface area contributed by atoms with Gasteiger partial charge in [0.05, 0.1) is 0 Å². The number of amides is 1. The number of hydrogen-bond donors (Lipinski definition) is 0. The number of nitrogens with zero attached hydrogens (tertiary/aromatic N) is 2. The Bertz CT molecular complexity index is 561. The van der Waals surface area contributed by atoms with Gasteiger partial charge in [-0.25, -0.2) is 4.39 Å². The second kappa shape index (κ2) is 4.29. The molecule has 100 valence electrons. The van der Waals surface area contributed by atoms with E-state index in [-0.39, 0.29) is 11.7 Å². The van der Waals surface area contributed by atoms with Crippen molar-refractivity contribution in [2.45, 2.75) is 25.3 Å². The first kappa shape index (κ1) is 12.1. The van der Waals surface area contributed by atoms with Crippen molar-refractivity contribution < 1.29 is 14.1 Å². The van der Waals surface area contributed by atoms with Crippen LogP contribution in [-0.2, 0) is 11.2 Å². The molecule has 1 aliphatic heterocycles. The average Bonchev–Trinajstić information content (AvgIpc) is 3.17. The fourth-order valence-electron chi connectivity index (χ4n) is 2.66. The van der Waals surface area contributed by atoms with E-state index in [1.165, 1.54) is 17.0 Å². The van der Waals surface area contributed by atoms with Gasteiger partial charge in [-0.3, -0.25) is 14.9 Å². The quantitative estimate of drug-likeness (QED) is 0.604. The third kappa shape index (κ3) is 2.07. The number of fused-ring (bicyclic) bond motifs is 1. The molecule has 1 aromatic rings. The maximum atomic E-state index is 13.3. The Balaban J connectivity index is 1.86. The van der Waals surface area contributed by atoms with Crippen LogP contribution in [0, 0.1) is 21.8 Å². The molecule has 0 radical (unpaired) electrons. The number of carbonyl (C=O) groups is 1. The first-order chi connectivity index (χ1) is 9.08. The summed E-state index contributed by atoms with van der Waals surface area (Å²) in [5.74, 6) is -1.17. The fraction of sp³-hybridized carbons (Fsp3) is 0.462. The maximum Gasteiger partial charge on any atom is 0.237 e. The molecule has 0 bridgehead atoms. The van der Waals surface area contributed by atoms with Crippen LogP contribution in [0.15, 0.2) is 18.2 Å². The highest BCUT2D eigenvalue weighted by molar-refractivity contribution is 5.98. The molecule has 1 aromatic carbocycles. The highest BCUT2D eigenvalue weighted by Gasteiger charge is 2.55. The SMILES string of the molecule is O=C(C1CC1[N+](=O)[O-])N1CCCc2ccc(F)cc21. The van der Waals surface area contributed by atoms with Gasteiger partial charge in [-0.15, -0.1) is 0 Å².